The highest BCUT2D eigenvalue weighted by molar-refractivity contribution is 5.96. The summed E-state index contributed by atoms with van der Waals surface area (Å²) in [6.07, 6.45) is 5.17. The summed E-state index contributed by atoms with van der Waals surface area (Å²) in [6.45, 7) is 3.52. The van der Waals surface area contributed by atoms with Crippen molar-refractivity contribution in [1.29, 1.82) is 0 Å². The lowest BCUT2D eigenvalue weighted by Crippen LogP contribution is -2.38. The summed E-state index contributed by atoms with van der Waals surface area (Å²) in [5.41, 5.74) is 2.86. The third-order valence-electron chi connectivity index (χ3n) is 5.13. The number of anilines is 3. The van der Waals surface area contributed by atoms with Gasteiger partial charge in [-0.25, -0.2) is 4.98 Å². The molecule has 1 amide bonds. The van der Waals surface area contributed by atoms with Crippen LogP contribution in [0.3, 0.4) is 0 Å². The molecule has 0 bridgehead atoms. The van der Waals surface area contributed by atoms with Crippen LogP contribution in [0.15, 0.2) is 42.6 Å². The molecule has 1 aromatic heterocycles. The van der Waals surface area contributed by atoms with Gasteiger partial charge in [0.2, 0.25) is 0 Å². The van der Waals surface area contributed by atoms with Gasteiger partial charge in [0.05, 0.1) is 11.3 Å². The van der Waals surface area contributed by atoms with Gasteiger partial charge in [-0.05, 0) is 37.5 Å². The average Bonchev–Trinajstić information content (AvgIpc) is 2.69. The smallest absolute Gasteiger partial charge is 0.255 e. The van der Waals surface area contributed by atoms with Crippen LogP contribution in [-0.4, -0.2) is 49.0 Å². The van der Waals surface area contributed by atoms with Gasteiger partial charge in [-0.15, -0.1) is 0 Å². The molecule has 0 radical (unpaired) electrons. The Morgan fingerprint density at radius 1 is 1.00 bits per heavy atom. The van der Waals surface area contributed by atoms with Crippen LogP contribution in [0.2, 0.25) is 0 Å². The largest absolute Gasteiger partial charge is 0.370 e. The fourth-order valence-corrected chi connectivity index (χ4v) is 3.67. The highest BCUT2D eigenvalue weighted by Gasteiger charge is 2.26. The molecule has 5 nitrogen and oxygen atoms in total. The number of piperidine rings is 1. The molecule has 25 heavy (non-hydrogen) atoms. The lowest BCUT2D eigenvalue weighted by atomic mass is 10.1. The molecule has 1 aromatic carbocycles. The fourth-order valence-electron chi connectivity index (χ4n) is 3.67. The minimum absolute atomic E-state index is 0.111. The Labute approximate surface area is 148 Å². The number of para-hydroxylation sites is 1. The van der Waals surface area contributed by atoms with E-state index in [4.69, 9.17) is 0 Å². The van der Waals surface area contributed by atoms with E-state index in [1.165, 1.54) is 6.42 Å². The predicted octanol–water partition coefficient (Wildman–Crippen LogP) is 3.30. The third kappa shape index (κ3) is 3.06. The molecule has 0 aliphatic carbocycles. The van der Waals surface area contributed by atoms with E-state index in [0.29, 0.717) is 5.56 Å². The van der Waals surface area contributed by atoms with Crippen LogP contribution < -0.4 is 9.80 Å². The van der Waals surface area contributed by atoms with Gasteiger partial charge in [-0.1, -0.05) is 18.2 Å². The Morgan fingerprint density at radius 3 is 2.52 bits per heavy atom. The quantitative estimate of drug-likeness (QED) is 0.844. The maximum atomic E-state index is 12.8. The highest BCUT2D eigenvalue weighted by Crippen LogP contribution is 2.35. The van der Waals surface area contributed by atoms with E-state index in [-0.39, 0.29) is 5.91 Å². The van der Waals surface area contributed by atoms with Crippen LogP contribution in [0.5, 0.6) is 0 Å². The zero-order chi connectivity index (χ0) is 17.2. The molecule has 130 valence electrons. The summed E-state index contributed by atoms with van der Waals surface area (Å²) < 4.78 is 0. The lowest BCUT2D eigenvalue weighted by molar-refractivity contribution is 0.0724. The van der Waals surface area contributed by atoms with Crippen molar-refractivity contribution in [2.24, 2.45) is 0 Å². The van der Waals surface area contributed by atoms with Gasteiger partial charge in [0.25, 0.3) is 5.91 Å². The van der Waals surface area contributed by atoms with Crippen molar-refractivity contribution < 1.29 is 4.79 Å². The van der Waals surface area contributed by atoms with Crippen molar-refractivity contribution in [2.45, 2.75) is 19.3 Å². The number of likely N-dealkylation sites (tertiary alicyclic amines) is 1. The lowest BCUT2D eigenvalue weighted by Gasteiger charge is -2.36. The second-order valence-electron chi connectivity index (χ2n) is 6.83. The Hall–Kier alpha value is -2.56. The number of hydrogen-bond donors (Lipinski definition) is 0. The van der Waals surface area contributed by atoms with E-state index in [1.54, 1.807) is 6.20 Å². The van der Waals surface area contributed by atoms with Crippen LogP contribution in [-0.2, 0) is 0 Å². The maximum absolute atomic E-state index is 12.8. The first kappa shape index (κ1) is 15.9. The fraction of sp³-hybridized carbons (Fsp3) is 0.400. The van der Waals surface area contributed by atoms with E-state index in [1.807, 2.05) is 29.2 Å². The molecular formula is C20H24N4O. The number of likely N-dealkylation sites (N-methyl/N-ethyl adjacent to an activating group) is 1. The number of fused-ring (bicyclic) bond motifs is 1. The van der Waals surface area contributed by atoms with Crippen molar-refractivity contribution in [1.82, 2.24) is 9.88 Å². The normalized spacial score (nSPS) is 17.4. The van der Waals surface area contributed by atoms with Crippen molar-refractivity contribution in [3.05, 3.63) is 48.2 Å². The summed E-state index contributed by atoms with van der Waals surface area (Å²) in [6, 6.07) is 12.3. The van der Waals surface area contributed by atoms with Crippen LogP contribution in [0.1, 0.15) is 29.6 Å². The van der Waals surface area contributed by atoms with Gasteiger partial charge in [-0.2, -0.15) is 0 Å². The average molecular weight is 336 g/mol. The number of benzene rings is 1. The summed E-state index contributed by atoms with van der Waals surface area (Å²) in [5.74, 6) is 1.04. The van der Waals surface area contributed by atoms with Crippen LogP contribution in [0.25, 0.3) is 0 Å². The summed E-state index contributed by atoms with van der Waals surface area (Å²) in [5, 5.41) is 0. The first-order valence-corrected chi connectivity index (χ1v) is 9.07. The number of carbonyl (C=O) groups excluding carboxylic acids is 1. The number of hydrogen-bond acceptors (Lipinski definition) is 4. The topological polar surface area (TPSA) is 39.7 Å². The predicted molar refractivity (Wildman–Crippen MR) is 101 cm³/mol. The SMILES string of the molecule is CN1CCN(c2ccccc2)c2ncc(C(=O)N3CCCCC3)cc21. The second-order valence-corrected chi connectivity index (χ2v) is 6.83. The first-order valence-electron chi connectivity index (χ1n) is 9.07. The Kier molecular flexibility index (Phi) is 4.30. The molecule has 2 aliphatic rings. The number of pyridine rings is 1. The Morgan fingerprint density at radius 2 is 1.76 bits per heavy atom. The molecule has 2 aromatic rings. The maximum Gasteiger partial charge on any atom is 0.255 e. The molecular weight excluding hydrogens is 312 g/mol. The van der Waals surface area contributed by atoms with Gasteiger partial charge in [0.1, 0.15) is 0 Å². The molecule has 0 atom stereocenters. The standard InChI is InChI=1S/C20H24N4O/c1-22-12-13-24(17-8-4-2-5-9-17)19-18(22)14-16(15-21-19)20(25)23-10-6-3-7-11-23/h2,4-5,8-9,14-15H,3,6-7,10-13H2,1H3. The minimum Gasteiger partial charge on any atom is -0.370 e. The number of rotatable bonds is 2. The molecule has 1 fully saturated rings. The van der Waals surface area contributed by atoms with Gasteiger partial charge in [0.15, 0.2) is 5.82 Å². The molecule has 5 heteroatoms. The van der Waals surface area contributed by atoms with E-state index in [2.05, 4.69) is 34.0 Å². The molecule has 0 saturated carbocycles. The van der Waals surface area contributed by atoms with Gasteiger partial charge in [-0.3, -0.25) is 4.79 Å². The minimum atomic E-state index is 0.111. The van der Waals surface area contributed by atoms with Crippen LogP contribution in [0, 0.1) is 0 Å². The zero-order valence-corrected chi connectivity index (χ0v) is 14.7. The van der Waals surface area contributed by atoms with Gasteiger partial charge in [0, 0.05) is 45.1 Å². The van der Waals surface area contributed by atoms with Crippen molar-refractivity contribution in [3.63, 3.8) is 0 Å². The Bertz CT molecular complexity index is 756. The molecule has 3 heterocycles. The van der Waals surface area contributed by atoms with Crippen molar-refractivity contribution in [2.75, 3.05) is 43.0 Å². The molecule has 1 saturated heterocycles. The highest BCUT2D eigenvalue weighted by atomic mass is 16.2. The van der Waals surface area contributed by atoms with E-state index in [0.717, 1.165) is 56.2 Å². The van der Waals surface area contributed by atoms with E-state index < -0.39 is 0 Å². The van der Waals surface area contributed by atoms with E-state index in [9.17, 15) is 4.79 Å². The molecule has 0 N–H and O–H groups in total. The van der Waals surface area contributed by atoms with Crippen LogP contribution >= 0.6 is 0 Å². The summed E-state index contributed by atoms with van der Waals surface area (Å²) in [7, 11) is 2.07. The number of amides is 1. The second kappa shape index (κ2) is 6.75. The number of aromatic nitrogens is 1. The van der Waals surface area contributed by atoms with Gasteiger partial charge < -0.3 is 14.7 Å². The zero-order valence-electron chi connectivity index (χ0n) is 14.7. The van der Waals surface area contributed by atoms with Crippen molar-refractivity contribution in [3.8, 4) is 0 Å². The Balaban J connectivity index is 1.66. The summed E-state index contributed by atoms with van der Waals surface area (Å²) >= 11 is 0. The molecule has 2 aliphatic heterocycles. The molecule has 0 spiro atoms. The molecule has 4 rings (SSSR count). The monoisotopic (exact) mass is 336 g/mol. The third-order valence-corrected chi connectivity index (χ3v) is 5.13. The first-order chi connectivity index (χ1) is 12.2. The summed E-state index contributed by atoms with van der Waals surface area (Å²) in [4.78, 5) is 23.9. The van der Waals surface area contributed by atoms with E-state index >= 15 is 0 Å². The molecule has 0 unspecified atom stereocenters. The van der Waals surface area contributed by atoms with Gasteiger partial charge >= 0.3 is 0 Å². The number of nitrogens with zero attached hydrogens (tertiary/aromatic N) is 4. The van der Waals surface area contributed by atoms with Crippen molar-refractivity contribution >= 4 is 23.1 Å². The number of carbonyl (C=O) groups is 1. The van der Waals surface area contributed by atoms with Crippen LogP contribution in [0.4, 0.5) is 17.2 Å².